The van der Waals surface area contributed by atoms with Gasteiger partial charge in [-0.2, -0.15) is 0 Å². The zero-order valence-electron chi connectivity index (χ0n) is 9.74. The van der Waals surface area contributed by atoms with Crippen molar-refractivity contribution in [2.24, 2.45) is 0 Å². The molecule has 0 saturated carbocycles. The summed E-state index contributed by atoms with van der Waals surface area (Å²) in [4.78, 5) is 1.43. The second kappa shape index (κ2) is 3.94. The summed E-state index contributed by atoms with van der Waals surface area (Å²) in [6.07, 6.45) is 2.43. The molecular weight excluding hydrogens is 256 g/mol. The predicted octanol–water partition coefficient (Wildman–Crippen LogP) is 4.74. The summed E-state index contributed by atoms with van der Waals surface area (Å²) in [5.41, 5.74) is 2.80. The van der Waals surface area contributed by atoms with Crippen LogP contribution < -0.4 is 0 Å². The Morgan fingerprint density at radius 3 is 2.22 bits per heavy atom. The maximum atomic E-state index is 2.43. The summed E-state index contributed by atoms with van der Waals surface area (Å²) in [7, 11) is 0. The van der Waals surface area contributed by atoms with Gasteiger partial charge < -0.3 is 0 Å². The van der Waals surface area contributed by atoms with Gasteiger partial charge in [0.15, 0.2) is 0 Å². The molecule has 4 rings (SSSR count). The average molecular weight is 268 g/mol. The first-order valence-electron chi connectivity index (χ1n) is 6.08. The summed E-state index contributed by atoms with van der Waals surface area (Å²) in [5, 5.41) is 0.653. The van der Waals surface area contributed by atoms with Gasteiger partial charge in [-0.3, -0.25) is 0 Å². The van der Waals surface area contributed by atoms with Crippen molar-refractivity contribution in [1.82, 2.24) is 0 Å². The van der Waals surface area contributed by atoms with Gasteiger partial charge in [0.2, 0.25) is 0 Å². The first-order valence-corrected chi connectivity index (χ1v) is 7.78. The van der Waals surface area contributed by atoms with E-state index in [2.05, 4.69) is 78.5 Å². The maximum absolute atomic E-state index is 2.43. The molecule has 2 unspecified atom stereocenters. The normalized spacial score (nSPS) is 28.7. The number of fused-ring (bicyclic) bond motifs is 1. The third-order valence-electron chi connectivity index (χ3n) is 3.42. The summed E-state index contributed by atoms with van der Waals surface area (Å²) in [6.45, 7) is 0. The minimum Gasteiger partial charge on any atom is -0.127 e. The van der Waals surface area contributed by atoms with Gasteiger partial charge in [-0.05, 0) is 11.1 Å². The molecule has 2 atom stereocenters. The summed E-state index contributed by atoms with van der Waals surface area (Å²) < 4.78 is 0.270. The van der Waals surface area contributed by atoms with E-state index in [4.69, 9.17) is 0 Å². The SMILES string of the molecule is C1=C(c2ccccc2)SC2(c3ccccc3)SC12. The van der Waals surface area contributed by atoms with Crippen LogP contribution in [0.5, 0.6) is 0 Å². The van der Waals surface area contributed by atoms with Crippen LogP contribution in [0.1, 0.15) is 11.1 Å². The van der Waals surface area contributed by atoms with Crippen molar-refractivity contribution < 1.29 is 0 Å². The molecule has 0 radical (unpaired) electrons. The zero-order chi connectivity index (χ0) is 12.0. The Morgan fingerprint density at radius 1 is 0.833 bits per heavy atom. The van der Waals surface area contributed by atoms with Crippen LogP contribution in [-0.4, -0.2) is 5.25 Å². The lowest BCUT2D eigenvalue weighted by Crippen LogP contribution is -2.01. The van der Waals surface area contributed by atoms with Crippen LogP contribution >= 0.6 is 23.5 Å². The number of thioether (sulfide) groups is 2. The molecule has 0 N–H and O–H groups in total. The molecule has 0 amide bonds. The molecule has 2 aromatic rings. The first kappa shape index (κ1) is 10.8. The molecule has 0 bridgehead atoms. The third kappa shape index (κ3) is 1.56. The van der Waals surface area contributed by atoms with E-state index in [-0.39, 0.29) is 4.08 Å². The molecule has 18 heavy (non-hydrogen) atoms. The zero-order valence-corrected chi connectivity index (χ0v) is 11.4. The van der Waals surface area contributed by atoms with E-state index in [0.29, 0.717) is 5.25 Å². The number of rotatable bonds is 2. The fourth-order valence-corrected chi connectivity index (χ4v) is 5.65. The summed E-state index contributed by atoms with van der Waals surface area (Å²) >= 11 is 4.08. The highest BCUT2D eigenvalue weighted by Crippen LogP contribution is 2.75. The van der Waals surface area contributed by atoms with Gasteiger partial charge in [-0.1, -0.05) is 66.7 Å². The smallest absolute Gasteiger partial charge is 0.107 e. The second-order valence-electron chi connectivity index (χ2n) is 4.57. The van der Waals surface area contributed by atoms with Crippen LogP contribution in [-0.2, 0) is 4.08 Å². The molecule has 0 aliphatic carbocycles. The van der Waals surface area contributed by atoms with E-state index in [0.717, 1.165) is 0 Å². The number of hydrogen-bond acceptors (Lipinski definition) is 2. The van der Waals surface area contributed by atoms with Gasteiger partial charge in [-0.15, -0.1) is 23.5 Å². The van der Waals surface area contributed by atoms with E-state index in [1.54, 1.807) is 0 Å². The van der Waals surface area contributed by atoms with E-state index < -0.39 is 0 Å². The predicted molar refractivity (Wildman–Crippen MR) is 81.5 cm³/mol. The lowest BCUT2D eigenvalue weighted by Gasteiger charge is -2.12. The highest BCUT2D eigenvalue weighted by Gasteiger charge is 2.60. The van der Waals surface area contributed by atoms with Gasteiger partial charge in [0, 0.05) is 4.91 Å². The van der Waals surface area contributed by atoms with Crippen molar-refractivity contribution in [3.8, 4) is 0 Å². The van der Waals surface area contributed by atoms with Crippen molar-refractivity contribution in [3.05, 3.63) is 77.9 Å². The van der Waals surface area contributed by atoms with Gasteiger partial charge in [-0.25, -0.2) is 0 Å². The van der Waals surface area contributed by atoms with Crippen LogP contribution in [0, 0.1) is 0 Å². The summed E-state index contributed by atoms with van der Waals surface area (Å²) in [6, 6.07) is 21.6. The molecule has 2 aliphatic rings. The molecule has 0 spiro atoms. The Balaban J connectivity index is 1.66. The maximum Gasteiger partial charge on any atom is 0.107 e. The van der Waals surface area contributed by atoms with Crippen molar-refractivity contribution >= 4 is 28.4 Å². The van der Waals surface area contributed by atoms with Crippen LogP contribution in [0.25, 0.3) is 4.91 Å². The standard InChI is InChI=1S/C16H12S2/c1-3-7-12(8-4-1)14-11-15-16(17-14,18-15)13-9-5-2-6-10-13/h1-11,15H. The molecule has 0 nitrogen and oxygen atoms in total. The Hall–Kier alpha value is -1.12. The molecule has 88 valence electrons. The lowest BCUT2D eigenvalue weighted by molar-refractivity contribution is 1.06. The van der Waals surface area contributed by atoms with E-state index in [1.165, 1.54) is 16.0 Å². The average Bonchev–Trinajstić information content (AvgIpc) is 3.03. The van der Waals surface area contributed by atoms with Gasteiger partial charge in [0.05, 0.1) is 5.25 Å². The molecule has 1 saturated heterocycles. The molecular formula is C16H12S2. The quantitative estimate of drug-likeness (QED) is 0.721. The van der Waals surface area contributed by atoms with Crippen molar-refractivity contribution in [3.63, 3.8) is 0 Å². The van der Waals surface area contributed by atoms with Crippen molar-refractivity contribution in [2.45, 2.75) is 9.33 Å². The fourth-order valence-electron chi connectivity index (χ4n) is 2.43. The van der Waals surface area contributed by atoms with Crippen LogP contribution in [0.4, 0.5) is 0 Å². The number of benzene rings is 2. The first-order chi connectivity index (χ1) is 8.88. The third-order valence-corrected chi connectivity index (χ3v) is 6.82. The van der Waals surface area contributed by atoms with Crippen LogP contribution in [0.3, 0.4) is 0 Å². The van der Waals surface area contributed by atoms with Crippen LogP contribution in [0.2, 0.25) is 0 Å². The Kier molecular flexibility index (Phi) is 2.36. The minimum atomic E-state index is 0.270. The lowest BCUT2D eigenvalue weighted by atomic mass is 10.1. The van der Waals surface area contributed by atoms with E-state index in [1.807, 2.05) is 11.8 Å². The van der Waals surface area contributed by atoms with Gasteiger partial charge in [0.1, 0.15) is 4.08 Å². The fraction of sp³-hybridized carbons (Fsp3) is 0.125. The molecule has 2 aliphatic heterocycles. The highest BCUT2D eigenvalue weighted by molar-refractivity contribution is 8.29. The molecule has 2 heteroatoms. The topological polar surface area (TPSA) is 0 Å². The van der Waals surface area contributed by atoms with E-state index >= 15 is 0 Å². The van der Waals surface area contributed by atoms with Gasteiger partial charge in [0.25, 0.3) is 0 Å². The second-order valence-corrected chi connectivity index (χ2v) is 7.50. The van der Waals surface area contributed by atoms with Crippen LogP contribution in [0.15, 0.2) is 66.7 Å². The summed E-state index contributed by atoms with van der Waals surface area (Å²) in [5.74, 6) is 0. The largest absolute Gasteiger partial charge is 0.127 e. The Morgan fingerprint density at radius 2 is 1.50 bits per heavy atom. The van der Waals surface area contributed by atoms with Gasteiger partial charge >= 0.3 is 0 Å². The monoisotopic (exact) mass is 268 g/mol. The molecule has 0 aromatic heterocycles. The number of hydrogen-bond donors (Lipinski definition) is 0. The minimum absolute atomic E-state index is 0.270. The molecule has 2 heterocycles. The van der Waals surface area contributed by atoms with E-state index in [9.17, 15) is 0 Å². The van der Waals surface area contributed by atoms with Crippen molar-refractivity contribution in [1.29, 1.82) is 0 Å². The Bertz CT molecular complexity index is 604. The molecule has 1 fully saturated rings. The van der Waals surface area contributed by atoms with Crippen molar-refractivity contribution in [2.75, 3.05) is 0 Å². The Labute approximate surface area is 115 Å². The molecule has 2 aromatic carbocycles. The highest BCUT2D eigenvalue weighted by atomic mass is 32.2.